The van der Waals surface area contributed by atoms with Crippen molar-refractivity contribution in [2.45, 2.75) is 33.7 Å². The lowest BCUT2D eigenvalue weighted by Crippen LogP contribution is -2.05. The predicted octanol–water partition coefficient (Wildman–Crippen LogP) is 2.63. The summed E-state index contributed by atoms with van der Waals surface area (Å²) in [6.45, 7) is 6.42. The average Bonchev–Trinajstić information content (AvgIpc) is 2.77. The van der Waals surface area contributed by atoms with E-state index in [-0.39, 0.29) is 0 Å². The Morgan fingerprint density at radius 2 is 2.16 bits per heavy atom. The molecule has 0 radical (unpaired) electrons. The number of hydrogen-bond donors (Lipinski definition) is 1. The number of aryl methyl sites for hydroxylation is 1. The molecule has 0 aromatic carbocycles. The van der Waals surface area contributed by atoms with Crippen molar-refractivity contribution in [3.8, 4) is 0 Å². The fourth-order valence-corrected chi connectivity index (χ4v) is 1.69. The van der Waals surface area contributed by atoms with Crippen LogP contribution in [0.2, 0.25) is 5.02 Å². The molecule has 0 spiro atoms. The van der Waals surface area contributed by atoms with Gasteiger partial charge in [0.1, 0.15) is 16.7 Å². The van der Waals surface area contributed by atoms with Gasteiger partial charge in [-0.2, -0.15) is 4.98 Å². The molecule has 2 aromatic heterocycles. The van der Waals surface area contributed by atoms with Crippen molar-refractivity contribution in [2.24, 2.45) is 5.92 Å². The second-order valence-electron chi connectivity index (χ2n) is 4.67. The van der Waals surface area contributed by atoms with Crippen LogP contribution in [0.4, 0.5) is 5.82 Å². The van der Waals surface area contributed by atoms with Gasteiger partial charge < -0.3 is 9.84 Å². The number of halogens is 1. The molecule has 0 saturated heterocycles. The van der Waals surface area contributed by atoms with Gasteiger partial charge in [-0.3, -0.25) is 0 Å². The lowest BCUT2D eigenvalue weighted by atomic mass is 10.1. The maximum atomic E-state index is 5.98. The van der Waals surface area contributed by atoms with Gasteiger partial charge in [-0.25, -0.2) is 9.97 Å². The highest BCUT2D eigenvalue weighted by Gasteiger charge is 2.09. The van der Waals surface area contributed by atoms with Crippen molar-refractivity contribution >= 4 is 17.4 Å². The fraction of sp³-hybridized carbons (Fsp3) is 0.500. The summed E-state index contributed by atoms with van der Waals surface area (Å²) in [7, 11) is 0. The van der Waals surface area contributed by atoms with Crippen LogP contribution in [0.1, 0.15) is 31.4 Å². The van der Waals surface area contributed by atoms with Crippen LogP contribution in [0, 0.1) is 12.8 Å². The normalized spacial score (nSPS) is 11.0. The summed E-state index contributed by atoms with van der Waals surface area (Å²) in [5.41, 5.74) is 0. The minimum absolute atomic E-state index is 0.414. The zero-order valence-electron chi connectivity index (χ0n) is 11.1. The van der Waals surface area contributed by atoms with Gasteiger partial charge >= 0.3 is 0 Å². The van der Waals surface area contributed by atoms with E-state index in [9.17, 15) is 0 Å². The molecule has 1 N–H and O–H groups in total. The smallest absolute Gasteiger partial charge is 0.226 e. The molecule has 7 heteroatoms. The number of aromatic nitrogens is 4. The van der Waals surface area contributed by atoms with Gasteiger partial charge in [-0.1, -0.05) is 30.6 Å². The van der Waals surface area contributed by atoms with Crippen molar-refractivity contribution in [2.75, 3.05) is 5.32 Å². The van der Waals surface area contributed by atoms with Crippen LogP contribution in [0.5, 0.6) is 0 Å². The largest absolute Gasteiger partial charge is 0.361 e. The average molecular weight is 282 g/mol. The van der Waals surface area contributed by atoms with Crippen LogP contribution in [-0.2, 0) is 13.0 Å². The molecule has 102 valence electrons. The molecule has 0 atom stereocenters. The summed E-state index contributed by atoms with van der Waals surface area (Å²) in [6, 6.07) is 0. The quantitative estimate of drug-likeness (QED) is 0.908. The van der Waals surface area contributed by atoms with Crippen LogP contribution in [0.3, 0.4) is 0 Å². The first-order chi connectivity index (χ1) is 9.04. The van der Waals surface area contributed by atoms with Crippen molar-refractivity contribution in [1.82, 2.24) is 20.1 Å². The van der Waals surface area contributed by atoms with Crippen molar-refractivity contribution in [3.05, 3.63) is 28.8 Å². The number of nitrogens with zero attached hydrogens (tertiary/aromatic N) is 4. The minimum atomic E-state index is 0.414. The molecule has 6 nitrogen and oxygen atoms in total. The molecule has 2 aromatic rings. The molecule has 0 bridgehead atoms. The topological polar surface area (TPSA) is 76.7 Å². The maximum Gasteiger partial charge on any atom is 0.226 e. The third-order valence-electron chi connectivity index (χ3n) is 2.37. The summed E-state index contributed by atoms with van der Waals surface area (Å²) in [5, 5.41) is 7.44. The Kier molecular flexibility index (Phi) is 4.31. The molecule has 0 aliphatic rings. The summed E-state index contributed by atoms with van der Waals surface area (Å²) in [6.07, 6.45) is 2.34. The summed E-state index contributed by atoms with van der Waals surface area (Å²) >= 11 is 5.98. The monoisotopic (exact) mass is 281 g/mol. The van der Waals surface area contributed by atoms with Crippen molar-refractivity contribution in [3.63, 3.8) is 0 Å². The minimum Gasteiger partial charge on any atom is -0.361 e. The van der Waals surface area contributed by atoms with Gasteiger partial charge in [0.25, 0.3) is 0 Å². The molecule has 0 aliphatic heterocycles. The fourth-order valence-electron chi connectivity index (χ4n) is 1.54. The van der Waals surface area contributed by atoms with Crippen LogP contribution in [0.15, 0.2) is 10.7 Å². The lowest BCUT2D eigenvalue weighted by molar-refractivity contribution is 0.359. The highest BCUT2D eigenvalue weighted by Crippen LogP contribution is 2.18. The Balaban J connectivity index is 1.98. The second-order valence-corrected chi connectivity index (χ2v) is 5.08. The standard InChI is InChI=1S/C12H16ClN5O/c1-7(2)4-11-17-10(18-19-11)6-15-12-9(13)5-14-8(3)16-12/h5,7H,4,6H2,1-3H3,(H,14,15,16). The summed E-state index contributed by atoms with van der Waals surface area (Å²) in [5.74, 6) is 2.95. The lowest BCUT2D eigenvalue weighted by Gasteiger charge is -2.04. The third kappa shape index (κ3) is 3.89. The van der Waals surface area contributed by atoms with Crippen molar-refractivity contribution < 1.29 is 4.52 Å². The highest BCUT2D eigenvalue weighted by molar-refractivity contribution is 6.32. The Hall–Kier alpha value is -1.69. The molecule has 0 aliphatic carbocycles. The van der Waals surface area contributed by atoms with Crippen LogP contribution >= 0.6 is 11.6 Å². The van der Waals surface area contributed by atoms with E-state index in [4.69, 9.17) is 16.1 Å². The van der Waals surface area contributed by atoms with Crippen molar-refractivity contribution in [1.29, 1.82) is 0 Å². The summed E-state index contributed by atoms with van der Waals surface area (Å²) in [4.78, 5) is 12.5. The molecular formula is C12H16ClN5O. The van der Waals surface area contributed by atoms with Gasteiger partial charge in [0.15, 0.2) is 5.82 Å². The molecule has 2 heterocycles. The maximum absolute atomic E-state index is 5.98. The SMILES string of the molecule is Cc1ncc(Cl)c(NCc2noc(CC(C)C)n2)n1. The first-order valence-corrected chi connectivity index (χ1v) is 6.47. The Morgan fingerprint density at radius 1 is 1.37 bits per heavy atom. The Morgan fingerprint density at radius 3 is 2.89 bits per heavy atom. The number of anilines is 1. The van der Waals surface area contributed by atoms with E-state index in [1.807, 2.05) is 0 Å². The predicted molar refractivity (Wildman–Crippen MR) is 71.9 cm³/mol. The second kappa shape index (κ2) is 5.97. The van der Waals surface area contributed by atoms with E-state index in [2.05, 4.69) is 39.3 Å². The van der Waals surface area contributed by atoms with E-state index < -0.39 is 0 Å². The molecule has 0 unspecified atom stereocenters. The van der Waals surface area contributed by atoms with E-state index in [0.717, 1.165) is 6.42 Å². The van der Waals surface area contributed by atoms with E-state index in [1.54, 1.807) is 13.1 Å². The summed E-state index contributed by atoms with van der Waals surface area (Å²) < 4.78 is 5.15. The molecule has 19 heavy (non-hydrogen) atoms. The molecule has 0 amide bonds. The van der Waals surface area contributed by atoms with Crippen LogP contribution in [0.25, 0.3) is 0 Å². The van der Waals surface area contributed by atoms with Gasteiger partial charge in [0.2, 0.25) is 5.89 Å². The molecular weight excluding hydrogens is 266 g/mol. The van der Waals surface area contributed by atoms with Crippen LogP contribution in [-0.4, -0.2) is 20.1 Å². The van der Waals surface area contributed by atoms with Gasteiger partial charge in [-0.05, 0) is 12.8 Å². The Bertz CT molecular complexity index is 555. The Labute approximate surface area is 116 Å². The highest BCUT2D eigenvalue weighted by atomic mass is 35.5. The van der Waals surface area contributed by atoms with E-state index >= 15 is 0 Å². The third-order valence-corrected chi connectivity index (χ3v) is 2.65. The number of nitrogens with one attached hydrogen (secondary N) is 1. The van der Waals surface area contributed by atoms with E-state index in [1.165, 1.54) is 0 Å². The van der Waals surface area contributed by atoms with Crippen LogP contribution < -0.4 is 5.32 Å². The number of hydrogen-bond acceptors (Lipinski definition) is 6. The molecule has 2 rings (SSSR count). The first kappa shape index (κ1) is 13.7. The zero-order valence-corrected chi connectivity index (χ0v) is 11.9. The number of rotatable bonds is 5. The van der Waals surface area contributed by atoms with Gasteiger partial charge in [0, 0.05) is 6.42 Å². The molecule has 0 saturated carbocycles. The van der Waals surface area contributed by atoms with Gasteiger partial charge in [-0.15, -0.1) is 0 Å². The van der Waals surface area contributed by atoms with E-state index in [0.29, 0.717) is 40.8 Å². The zero-order chi connectivity index (χ0) is 13.8. The van der Waals surface area contributed by atoms with Gasteiger partial charge in [0.05, 0.1) is 12.7 Å². The first-order valence-electron chi connectivity index (χ1n) is 6.09. The molecule has 0 fully saturated rings.